The zero-order valence-corrected chi connectivity index (χ0v) is 15.6. The molecule has 1 amide bonds. The van der Waals surface area contributed by atoms with E-state index in [0.717, 1.165) is 32.5 Å². The first-order valence-corrected chi connectivity index (χ1v) is 9.31. The van der Waals surface area contributed by atoms with Crippen molar-refractivity contribution < 1.29 is 9.59 Å². The van der Waals surface area contributed by atoms with Crippen molar-refractivity contribution in [2.24, 2.45) is 5.92 Å². The first-order valence-electron chi connectivity index (χ1n) is 8.93. The number of rotatable bonds is 5. The standard InChI is InChI=1S/C21H23ClN2O2/c1-23-13-15-5-4-12-24(14-15)21(26)19-7-3-2-6-18(19)20(25)16-8-10-17(22)11-9-16/h2-3,6-11,15,23H,4-5,12-14H2,1H3/t15-/m1/s1. The van der Waals surface area contributed by atoms with Crippen LogP contribution < -0.4 is 5.32 Å². The van der Waals surface area contributed by atoms with E-state index in [-0.39, 0.29) is 11.7 Å². The molecular weight excluding hydrogens is 348 g/mol. The van der Waals surface area contributed by atoms with Gasteiger partial charge in [0.05, 0.1) is 5.56 Å². The molecule has 0 aliphatic carbocycles. The second-order valence-corrected chi connectivity index (χ2v) is 7.14. The number of halogens is 1. The highest BCUT2D eigenvalue weighted by Crippen LogP contribution is 2.22. The van der Waals surface area contributed by atoms with Gasteiger partial charge in [-0.25, -0.2) is 0 Å². The number of carbonyl (C=O) groups is 2. The Kier molecular flexibility index (Phi) is 6.07. The van der Waals surface area contributed by atoms with Crippen molar-refractivity contribution in [3.8, 4) is 0 Å². The highest BCUT2D eigenvalue weighted by molar-refractivity contribution is 6.30. The molecule has 0 unspecified atom stereocenters. The summed E-state index contributed by atoms with van der Waals surface area (Å²) in [6, 6.07) is 13.8. The van der Waals surface area contributed by atoms with Gasteiger partial charge in [-0.15, -0.1) is 0 Å². The van der Waals surface area contributed by atoms with Crippen molar-refractivity contribution in [3.05, 3.63) is 70.2 Å². The van der Waals surface area contributed by atoms with E-state index in [4.69, 9.17) is 11.6 Å². The summed E-state index contributed by atoms with van der Waals surface area (Å²) in [5, 5.41) is 3.77. The van der Waals surface area contributed by atoms with E-state index in [0.29, 0.717) is 27.6 Å². The lowest BCUT2D eigenvalue weighted by Crippen LogP contribution is -2.42. The Labute approximate surface area is 159 Å². The van der Waals surface area contributed by atoms with E-state index in [1.54, 1.807) is 48.5 Å². The van der Waals surface area contributed by atoms with E-state index in [1.165, 1.54) is 0 Å². The van der Waals surface area contributed by atoms with Gasteiger partial charge >= 0.3 is 0 Å². The van der Waals surface area contributed by atoms with Gasteiger partial charge in [0.15, 0.2) is 5.78 Å². The predicted molar refractivity (Wildman–Crippen MR) is 104 cm³/mol. The molecule has 5 heteroatoms. The third kappa shape index (κ3) is 4.14. The molecule has 0 aromatic heterocycles. The number of hydrogen-bond donors (Lipinski definition) is 1. The average molecular weight is 371 g/mol. The largest absolute Gasteiger partial charge is 0.338 e. The summed E-state index contributed by atoms with van der Waals surface area (Å²) in [6.45, 7) is 2.36. The van der Waals surface area contributed by atoms with Crippen molar-refractivity contribution in [1.82, 2.24) is 10.2 Å². The van der Waals surface area contributed by atoms with Gasteiger partial charge in [-0.3, -0.25) is 9.59 Å². The number of nitrogens with zero attached hydrogens (tertiary/aromatic N) is 1. The first kappa shape index (κ1) is 18.6. The predicted octanol–water partition coefficient (Wildman–Crippen LogP) is 3.64. The van der Waals surface area contributed by atoms with Crippen molar-refractivity contribution >= 4 is 23.3 Å². The minimum atomic E-state index is -0.158. The maximum atomic E-state index is 13.1. The summed E-state index contributed by atoms with van der Waals surface area (Å²) in [7, 11) is 1.93. The highest BCUT2D eigenvalue weighted by Gasteiger charge is 2.27. The third-order valence-corrected chi connectivity index (χ3v) is 5.06. The Morgan fingerprint density at radius 1 is 1.12 bits per heavy atom. The van der Waals surface area contributed by atoms with Crippen LogP contribution in [0.15, 0.2) is 48.5 Å². The number of piperidine rings is 1. The van der Waals surface area contributed by atoms with Gasteiger partial charge < -0.3 is 10.2 Å². The van der Waals surface area contributed by atoms with E-state index < -0.39 is 0 Å². The SMILES string of the molecule is CNC[C@H]1CCCN(C(=O)c2ccccc2C(=O)c2ccc(Cl)cc2)C1. The second kappa shape index (κ2) is 8.47. The fourth-order valence-electron chi connectivity index (χ4n) is 3.50. The molecule has 1 N–H and O–H groups in total. The average Bonchev–Trinajstić information content (AvgIpc) is 2.68. The number of hydrogen-bond acceptors (Lipinski definition) is 3. The first-order chi connectivity index (χ1) is 12.6. The van der Waals surface area contributed by atoms with Gasteiger partial charge in [0.1, 0.15) is 0 Å². The lowest BCUT2D eigenvalue weighted by atomic mass is 9.94. The molecule has 0 radical (unpaired) electrons. The highest BCUT2D eigenvalue weighted by atomic mass is 35.5. The van der Waals surface area contributed by atoms with Crippen LogP contribution in [-0.2, 0) is 0 Å². The van der Waals surface area contributed by atoms with Crippen molar-refractivity contribution in [2.75, 3.05) is 26.7 Å². The lowest BCUT2D eigenvalue weighted by molar-refractivity contribution is 0.0671. The molecule has 26 heavy (non-hydrogen) atoms. The molecule has 1 aliphatic heterocycles. The van der Waals surface area contributed by atoms with Crippen LogP contribution in [0.2, 0.25) is 5.02 Å². The van der Waals surface area contributed by atoms with Crippen LogP contribution in [0.5, 0.6) is 0 Å². The van der Waals surface area contributed by atoms with Crippen LogP contribution in [0.1, 0.15) is 39.1 Å². The Balaban J connectivity index is 1.85. The van der Waals surface area contributed by atoms with Gasteiger partial charge in [0.2, 0.25) is 0 Å². The van der Waals surface area contributed by atoms with Crippen LogP contribution in [0.25, 0.3) is 0 Å². The molecule has 1 fully saturated rings. The van der Waals surface area contributed by atoms with Gasteiger partial charge in [-0.2, -0.15) is 0 Å². The fraction of sp³-hybridized carbons (Fsp3) is 0.333. The van der Waals surface area contributed by atoms with E-state index >= 15 is 0 Å². The molecule has 1 aliphatic rings. The third-order valence-electron chi connectivity index (χ3n) is 4.81. The zero-order valence-electron chi connectivity index (χ0n) is 14.9. The monoisotopic (exact) mass is 370 g/mol. The summed E-state index contributed by atoms with van der Waals surface area (Å²) < 4.78 is 0. The minimum Gasteiger partial charge on any atom is -0.338 e. The normalized spacial score (nSPS) is 17.2. The summed E-state index contributed by atoms with van der Waals surface area (Å²) in [6.07, 6.45) is 2.11. The second-order valence-electron chi connectivity index (χ2n) is 6.70. The molecule has 0 bridgehead atoms. The van der Waals surface area contributed by atoms with Crippen LogP contribution >= 0.6 is 11.6 Å². The molecule has 0 spiro atoms. The van der Waals surface area contributed by atoms with Crippen LogP contribution in [0.3, 0.4) is 0 Å². The smallest absolute Gasteiger partial charge is 0.254 e. The summed E-state index contributed by atoms with van der Waals surface area (Å²) >= 11 is 5.91. The Morgan fingerprint density at radius 3 is 2.50 bits per heavy atom. The molecule has 4 nitrogen and oxygen atoms in total. The van der Waals surface area contributed by atoms with Crippen molar-refractivity contribution in [3.63, 3.8) is 0 Å². The maximum absolute atomic E-state index is 13.1. The zero-order chi connectivity index (χ0) is 18.5. The van der Waals surface area contributed by atoms with Gasteiger partial charge in [0, 0.05) is 29.2 Å². The van der Waals surface area contributed by atoms with E-state index in [2.05, 4.69) is 5.32 Å². The van der Waals surface area contributed by atoms with Crippen LogP contribution in [0, 0.1) is 5.92 Å². The topological polar surface area (TPSA) is 49.4 Å². The number of likely N-dealkylation sites (tertiary alicyclic amines) is 1. The molecule has 1 saturated heterocycles. The Morgan fingerprint density at radius 2 is 1.81 bits per heavy atom. The summed E-state index contributed by atoms with van der Waals surface area (Å²) in [4.78, 5) is 27.9. The lowest BCUT2D eigenvalue weighted by Gasteiger charge is -2.33. The molecule has 136 valence electrons. The van der Waals surface area contributed by atoms with Crippen molar-refractivity contribution in [2.45, 2.75) is 12.8 Å². The van der Waals surface area contributed by atoms with E-state index in [9.17, 15) is 9.59 Å². The molecule has 2 aromatic carbocycles. The molecule has 1 heterocycles. The number of carbonyl (C=O) groups excluding carboxylic acids is 2. The van der Waals surface area contributed by atoms with Crippen LogP contribution in [0.4, 0.5) is 0 Å². The summed E-state index contributed by atoms with van der Waals surface area (Å²) in [5.74, 6) is 0.231. The van der Waals surface area contributed by atoms with Gasteiger partial charge in [0.25, 0.3) is 5.91 Å². The summed E-state index contributed by atoms with van der Waals surface area (Å²) in [5.41, 5.74) is 1.44. The molecular formula is C21H23ClN2O2. The minimum absolute atomic E-state index is 0.0660. The molecule has 2 aromatic rings. The van der Waals surface area contributed by atoms with Gasteiger partial charge in [-0.1, -0.05) is 29.8 Å². The molecule has 0 saturated carbocycles. The molecule has 3 rings (SSSR count). The van der Waals surface area contributed by atoms with Gasteiger partial charge in [-0.05, 0) is 62.7 Å². The van der Waals surface area contributed by atoms with Crippen molar-refractivity contribution in [1.29, 1.82) is 0 Å². The quantitative estimate of drug-likeness (QED) is 0.817. The Hall–Kier alpha value is -2.17. The number of benzene rings is 2. The number of amides is 1. The van der Waals surface area contributed by atoms with Crippen LogP contribution in [-0.4, -0.2) is 43.3 Å². The number of nitrogens with one attached hydrogen (secondary N) is 1. The Bertz CT molecular complexity index is 787. The molecule has 1 atom stereocenters. The van der Waals surface area contributed by atoms with E-state index in [1.807, 2.05) is 11.9 Å². The fourth-order valence-corrected chi connectivity index (χ4v) is 3.63. The maximum Gasteiger partial charge on any atom is 0.254 e. The number of ketones is 1.